The maximum absolute atomic E-state index is 12.2. The van der Waals surface area contributed by atoms with Gasteiger partial charge >= 0.3 is 12.1 Å². The number of carbonyl (C=O) groups is 2. The van der Waals surface area contributed by atoms with Gasteiger partial charge in [0, 0.05) is 19.2 Å². The number of alkyl halides is 4. The van der Waals surface area contributed by atoms with Gasteiger partial charge in [-0.3, -0.25) is 9.59 Å². The van der Waals surface area contributed by atoms with E-state index in [4.69, 9.17) is 11.6 Å². The second-order valence-electron chi connectivity index (χ2n) is 3.91. The lowest BCUT2D eigenvalue weighted by atomic mass is 10.1. The van der Waals surface area contributed by atoms with Crippen molar-refractivity contribution in [2.45, 2.75) is 12.7 Å². The number of ketones is 1. The number of carbonyl (C=O) groups excluding carboxylic acids is 2. The lowest BCUT2D eigenvalue weighted by Crippen LogP contribution is -2.37. The van der Waals surface area contributed by atoms with Crippen molar-refractivity contribution < 1.29 is 22.8 Å². The molecule has 7 heteroatoms. The number of amides is 1. The van der Waals surface area contributed by atoms with E-state index in [2.05, 4.69) is 0 Å². The van der Waals surface area contributed by atoms with Gasteiger partial charge in [-0.15, -0.1) is 11.6 Å². The molecule has 0 unspecified atom stereocenters. The molecule has 0 aliphatic carbocycles. The first-order valence-electron chi connectivity index (χ1n) is 5.26. The van der Waals surface area contributed by atoms with Crippen LogP contribution in [0.3, 0.4) is 0 Å². The van der Waals surface area contributed by atoms with Gasteiger partial charge in [-0.1, -0.05) is 24.3 Å². The molecule has 104 valence electrons. The molecule has 0 aromatic heterocycles. The Morgan fingerprint density at radius 1 is 1.21 bits per heavy atom. The second-order valence-corrected chi connectivity index (χ2v) is 4.18. The van der Waals surface area contributed by atoms with Crippen LogP contribution in [0.25, 0.3) is 0 Å². The van der Waals surface area contributed by atoms with E-state index in [1.54, 1.807) is 0 Å². The highest BCUT2D eigenvalue weighted by Crippen LogP contribution is 2.19. The molecule has 0 aliphatic rings. The first kappa shape index (κ1) is 15.5. The van der Waals surface area contributed by atoms with Crippen LogP contribution < -0.4 is 0 Å². The molecule has 1 aromatic carbocycles. The molecule has 0 fully saturated rings. The third-order valence-electron chi connectivity index (χ3n) is 2.41. The average Bonchev–Trinajstić information content (AvgIpc) is 2.36. The van der Waals surface area contributed by atoms with Crippen LogP contribution in [-0.4, -0.2) is 35.7 Å². The van der Waals surface area contributed by atoms with Crippen molar-refractivity contribution in [3.63, 3.8) is 0 Å². The normalized spacial score (nSPS) is 11.2. The Kier molecular flexibility index (Phi) is 4.94. The fraction of sp³-hybridized carbons (Fsp3) is 0.333. The molecule has 0 spiro atoms. The summed E-state index contributed by atoms with van der Waals surface area (Å²) in [5, 5.41) is 0. The van der Waals surface area contributed by atoms with E-state index in [1.807, 2.05) is 0 Å². The van der Waals surface area contributed by atoms with Gasteiger partial charge in [-0.25, -0.2) is 0 Å². The molecular weight excluding hydrogens is 283 g/mol. The zero-order chi connectivity index (χ0) is 14.6. The van der Waals surface area contributed by atoms with E-state index in [0.29, 0.717) is 16.0 Å². The van der Waals surface area contributed by atoms with Crippen LogP contribution in [0.2, 0.25) is 0 Å². The Morgan fingerprint density at radius 2 is 1.74 bits per heavy atom. The summed E-state index contributed by atoms with van der Waals surface area (Å²) in [7, 11) is 1.06. The van der Waals surface area contributed by atoms with Crippen molar-refractivity contribution in [2.24, 2.45) is 0 Å². The minimum Gasteiger partial charge on any atom is -0.334 e. The first-order chi connectivity index (χ1) is 8.75. The Hall–Kier alpha value is -1.56. The maximum atomic E-state index is 12.2. The first-order valence-corrected chi connectivity index (χ1v) is 5.79. The van der Waals surface area contributed by atoms with E-state index in [9.17, 15) is 22.8 Å². The third-order valence-corrected chi connectivity index (χ3v) is 2.65. The van der Waals surface area contributed by atoms with E-state index in [1.165, 1.54) is 24.3 Å². The van der Waals surface area contributed by atoms with Crippen LogP contribution in [0.1, 0.15) is 15.9 Å². The topological polar surface area (TPSA) is 37.4 Å². The van der Waals surface area contributed by atoms with Gasteiger partial charge in [0.2, 0.25) is 0 Å². The number of hydrogen-bond donors (Lipinski definition) is 0. The lowest BCUT2D eigenvalue weighted by Gasteiger charge is -2.18. The minimum absolute atomic E-state index is 0.161. The molecule has 0 aliphatic heterocycles. The standard InChI is InChI=1S/C12H11ClF3NO2/c1-17(11(19)12(14,15)16)7-8-2-4-9(5-3-8)10(18)6-13/h2-5H,6-7H2,1H3. The van der Waals surface area contributed by atoms with Crippen LogP contribution in [0.5, 0.6) is 0 Å². The summed E-state index contributed by atoms with van der Waals surface area (Å²) in [6.45, 7) is -0.187. The van der Waals surface area contributed by atoms with Crippen LogP contribution in [-0.2, 0) is 11.3 Å². The summed E-state index contributed by atoms with van der Waals surface area (Å²) in [6.07, 6.45) is -4.89. The van der Waals surface area contributed by atoms with Crippen molar-refractivity contribution in [1.29, 1.82) is 0 Å². The smallest absolute Gasteiger partial charge is 0.334 e. The maximum Gasteiger partial charge on any atom is 0.471 e. The summed E-state index contributed by atoms with van der Waals surface area (Å²) in [6, 6.07) is 5.90. The number of nitrogens with zero attached hydrogens (tertiary/aromatic N) is 1. The van der Waals surface area contributed by atoms with Crippen LogP contribution >= 0.6 is 11.6 Å². The fourth-order valence-electron chi connectivity index (χ4n) is 1.44. The Labute approximate surface area is 113 Å². The summed E-state index contributed by atoms with van der Waals surface area (Å²) in [4.78, 5) is 22.7. The third kappa shape index (κ3) is 4.24. The highest BCUT2D eigenvalue weighted by molar-refractivity contribution is 6.30. The fourth-order valence-corrected chi connectivity index (χ4v) is 1.59. The number of Topliss-reactive ketones (excluding diaryl/α,β-unsaturated/α-hetero) is 1. The Bertz CT molecular complexity index is 471. The molecule has 3 nitrogen and oxygen atoms in total. The van der Waals surface area contributed by atoms with Gasteiger partial charge in [0.15, 0.2) is 5.78 Å². The van der Waals surface area contributed by atoms with Crippen LogP contribution in [0.15, 0.2) is 24.3 Å². The van der Waals surface area contributed by atoms with Crippen molar-refractivity contribution >= 4 is 23.3 Å². The number of benzene rings is 1. The average molecular weight is 294 g/mol. The lowest BCUT2D eigenvalue weighted by molar-refractivity contribution is -0.184. The van der Waals surface area contributed by atoms with Gasteiger partial charge in [0.25, 0.3) is 0 Å². The second kappa shape index (κ2) is 6.06. The largest absolute Gasteiger partial charge is 0.471 e. The number of rotatable bonds is 4. The molecule has 0 saturated carbocycles. The van der Waals surface area contributed by atoms with Gasteiger partial charge in [-0.2, -0.15) is 13.2 Å². The number of hydrogen-bond acceptors (Lipinski definition) is 2. The molecule has 0 heterocycles. The molecule has 0 atom stereocenters. The summed E-state index contributed by atoms with van der Waals surface area (Å²) >= 11 is 5.37. The zero-order valence-electron chi connectivity index (χ0n) is 10.00. The number of halogens is 4. The molecule has 0 bridgehead atoms. The zero-order valence-corrected chi connectivity index (χ0v) is 10.8. The van der Waals surface area contributed by atoms with Gasteiger partial charge < -0.3 is 4.90 Å². The summed E-state index contributed by atoms with van der Waals surface area (Å²) < 4.78 is 36.5. The van der Waals surface area contributed by atoms with Crippen molar-refractivity contribution in [1.82, 2.24) is 4.90 Å². The SMILES string of the molecule is CN(Cc1ccc(C(=O)CCl)cc1)C(=O)C(F)(F)F. The van der Waals surface area contributed by atoms with Gasteiger partial charge in [-0.05, 0) is 5.56 Å². The van der Waals surface area contributed by atoms with E-state index < -0.39 is 12.1 Å². The van der Waals surface area contributed by atoms with Crippen LogP contribution in [0, 0.1) is 0 Å². The molecule has 0 radical (unpaired) electrons. The molecule has 0 N–H and O–H groups in total. The van der Waals surface area contributed by atoms with Crippen molar-refractivity contribution in [2.75, 3.05) is 12.9 Å². The van der Waals surface area contributed by atoms with Crippen LogP contribution in [0.4, 0.5) is 13.2 Å². The van der Waals surface area contributed by atoms with E-state index >= 15 is 0 Å². The predicted octanol–water partition coefficient (Wildman–Crippen LogP) is 2.63. The Balaban J connectivity index is 2.73. The minimum atomic E-state index is -4.89. The summed E-state index contributed by atoms with van der Waals surface area (Å²) in [5.74, 6) is -2.34. The van der Waals surface area contributed by atoms with E-state index in [0.717, 1.165) is 7.05 Å². The molecule has 19 heavy (non-hydrogen) atoms. The van der Waals surface area contributed by atoms with Gasteiger partial charge in [0.1, 0.15) is 0 Å². The molecule has 1 rings (SSSR count). The molecule has 1 aromatic rings. The van der Waals surface area contributed by atoms with E-state index in [-0.39, 0.29) is 18.2 Å². The predicted molar refractivity (Wildman–Crippen MR) is 64.0 cm³/mol. The molecular formula is C12H11ClF3NO2. The van der Waals surface area contributed by atoms with Gasteiger partial charge in [0.05, 0.1) is 5.88 Å². The highest BCUT2D eigenvalue weighted by atomic mass is 35.5. The molecule has 0 saturated heterocycles. The monoisotopic (exact) mass is 293 g/mol. The molecule has 1 amide bonds. The quantitative estimate of drug-likeness (QED) is 0.632. The Morgan fingerprint density at radius 3 is 2.16 bits per heavy atom. The summed E-state index contributed by atoms with van der Waals surface area (Å²) in [5.41, 5.74) is 0.870. The van der Waals surface area contributed by atoms with Crippen molar-refractivity contribution in [3.05, 3.63) is 35.4 Å². The van der Waals surface area contributed by atoms with Crippen molar-refractivity contribution in [3.8, 4) is 0 Å². The highest BCUT2D eigenvalue weighted by Gasteiger charge is 2.41.